The minimum Gasteiger partial charge on any atom is -0.342 e. The standard InChI is InChI=1S/C21H29N3O2/c25-20(16-6-1-2-7-16)23-14-10-17(11-15-23)21(26)24-13-5-9-19(24)18-8-3-4-12-22-18/h3-4,8,12,16-17,19H,1-2,5-7,9-11,13-15H2. The second-order valence-corrected chi connectivity index (χ2v) is 8.03. The summed E-state index contributed by atoms with van der Waals surface area (Å²) in [6, 6.07) is 6.07. The van der Waals surface area contributed by atoms with E-state index in [1.807, 2.05) is 34.2 Å². The molecule has 1 aromatic rings. The normalized spacial score (nSPS) is 25.0. The summed E-state index contributed by atoms with van der Waals surface area (Å²) in [6.45, 7) is 2.32. The van der Waals surface area contributed by atoms with Crippen molar-refractivity contribution >= 4 is 11.8 Å². The van der Waals surface area contributed by atoms with Gasteiger partial charge in [0.15, 0.2) is 0 Å². The largest absolute Gasteiger partial charge is 0.342 e. The molecule has 3 aliphatic rings. The Bertz CT molecular complexity index is 634. The van der Waals surface area contributed by atoms with Crippen molar-refractivity contribution in [3.8, 4) is 0 Å². The highest BCUT2D eigenvalue weighted by Crippen LogP contribution is 2.34. The molecule has 1 saturated carbocycles. The van der Waals surface area contributed by atoms with Gasteiger partial charge in [-0.1, -0.05) is 18.9 Å². The predicted molar refractivity (Wildman–Crippen MR) is 99.2 cm³/mol. The second kappa shape index (κ2) is 7.77. The third-order valence-electron chi connectivity index (χ3n) is 6.43. The fourth-order valence-electron chi connectivity index (χ4n) is 4.92. The van der Waals surface area contributed by atoms with Crippen LogP contribution in [-0.2, 0) is 9.59 Å². The molecular weight excluding hydrogens is 326 g/mol. The molecule has 2 aliphatic heterocycles. The molecule has 140 valence electrons. The summed E-state index contributed by atoms with van der Waals surface area (Å²) in [6.07, 6.45) is 9.96. The van der Waals surface area contributed by atoms with Crippen LogP contribution in [0.5, 0.6) is 0 Å². The molecule has 1 unspecified atom stereocenters. The van der Waals surface area contributed by atoms with Crippen LogP contribution >= 0.6 is 0 Å². The van der Waals surface area contributed by atoms with Gasteiger partial charge in [-0.05, 0) is 50.7 Å². The molecule has 3 fully saturated rings. The highest BCUT2D eigenvalue weighted by Gasteiger charge is 2.37. The zero-order valence-electron chi connectivity index (χ0n) is 15.5. The van der Waals surface area contributed by atoms with E-state index in [0.29, 0.717) is 5.91 Å². The Kier molecular flexibility index (Phi) is 5.23. The summed E-state index contributed by atoms with van der Waals surface area (Å²) in [4.78, 5) is 34.2. The van der Waals surface area contributed by atoms with Crippen molar-refractivity contribution in [2.24, 2.45) is 11.8 Å². The van der Waals surface area contributed by atoms with Crippen molar-refractivity contribution in [1.29, 1.82) is 0 Å². The van der Waals surface area contributed by atoms with Crippen LogP contribution in [0.4, 0.5) is 0 Å². The first-order chi connectivity index (χ1) is 12.7. The Balaban J connectivity index is 1.35. The molecule has 0 radical (unpaired) electrons. The first kappa shape index (κ1) is 17.5. The van der Waals surface area contributed by atoms with Gasteiger partial charge in [0.1, 0.15) is 0 Å². The minimum atomic E-state index is 0.0620. The first-order valence-corrected chi connectivity index (χ1v) is 10.2. The Hall–Kier alpha value is -1.91. The SMILES string of the molecule is O=C(C1CCCC1)N1CCC(C(=O)N2CCCC2c2ccccn2)CC1. The van der Waals surface area contributed by atoms with E-state index in [4.69, 9.17) is 0 Å². The number of aromatic nitrogens is 1. The van der Waals surface area contributed by atoms with Crippen molar-refractivity contribution in [2.45, 2.75) is 57.4 Å². The van der Waals surface area contributed by atoms with Crippen LogP contribution in [0.15, 0.2) is 24.4 Å². The van der Waals surface area contributed by atoms with E-state index in [0.717, 1.165) is 63.9 Å². The van der Waals surface area contributed by atoms with E-state index < -0.39 is 0 Å². The lowest BCUT2D eigenvalue weighted by Crippen LogP contribution is -2.45. The number of likely N-dealkylation sites (tertiary alicyclic amines) is 2. The Morgan fingerprint density at radius 2 is 1.58 bits per heavy atom. The van der Waals surface area contributed by atoms with Crippen molar-refractivity contribution in [3.63, 3.8) is 0 Å². The number of hydrogen-bond donors (Lipinski definition) is 0. The van der Waals surface area contributed by atoms with Crippen LogP contribution in [0.1, 0.15) is 63.1 Å². The number of pyridine rings is 1. The summed E-state index contributed by atoms with van der Waals surface area (Å²) >= 11 is 0. The van der Waals surface area contributed by atoms with Crippen LogP contribution in [0.25, 0.3) is 0 Å². The van der Waals surface area contributed by atoms with E-state index in [9.17, 15) is 9.59 Å². The van der Waals surface area contributed by atoms with E-state index in [-0.39, 0.29) is 23.8 Å². The number of amides is 2. The molecule has 2 saturated heterocycles. The summed E-state index contributed by atoms with van der Waals surface area (Å²) in [7, 11) is 0. The fourth-order valence-corrected chi connectivity index (χ4v) is 4.92. The lowest BCUT2D eigenvalue weighted by Gasteiger charge is -2.35. The monoisotopic (exact) mass is 355 g/mol. The smallest absolute Gasteiger partial charge is 0.226 e. The van der Waals surface area contributed by atoms with Crippen molar-refractivity contribution in [2.75, 3.05) is 19.6 Å². The zero-order chi connectivity index (χ0) is 17.9. The van der Waals surface area contributed by atoms with Gasteiger partial charge in [-0.25, -0.2) is 0 Å². The van der Waals surface area contributed by atoms with E-state index >= 15 is 0 Å². The second-order valence-electron chi connectivity index (χ2n) is 8.03. The lowest BCUT2D eigenvalue weighted by atomic mass is 9.93. The first-order valence-electron chi connectivity index (χ1n) is 10.2. The van der Waals surface area contributed by atoms with Crippen LogP contribution in [-0.4, -0.2) is 46.2 Å². The van der Waals surface area contributed by atoms with Crippen molar-refractivity contribution in [3.05, 3.63) is 30.1 Å². The molecule has 2 amide bonds. The Labute approximate surface area is 155 Å². The average Bonchev–Trinajstić information content (AvgIpc) is 3.39. The molecule has 26 heavy (non-hydrogen) atoms. The highest BCUT2D eigenvalue weighted by atomic mass is 16.2. The van der Waals surface area contributed by atoms with Crippen LogP contribution in [0, 0.1) is 11.8 Å². The van der Waals surface area contributed by atoms with Crippen LogP contribution in [0.3, 0.4) is 0 Å². The molecule has 5 heteroatoms. The topological polar surface area (TPSA) is 53.5 Å². The van der Waals surface area contributed by atoms with Crippen molar-refractivity contribution in [1.82, 2.24) is 14.8 Å². The summed E-state index contributed by atoms with van der Waals surface area (Å²) in [5.74, 6) is 0.911. The number of piperidine rings is 1. The molecule has 5 nitrogen and oxygen atoms in total. The summed E-state index contributed by atoms with van der Waals surface area (Å²) in [5, 5.41) is 0. The van der Waals surface area contributed by atoms with E-state index in [1.165, 1.54) is 12.8 Å². The molecule has 0 spiro atoms. The molecule has 1 aromatic heterocycles. The number of carbonyl (C=O) groups excluding carboxylic acids is 2. The third kappa shape index (κ3) is 3.49. The van der Waals surface area contributed by atoms with Gasteiger partial charge in [0.05, 0.1) is 11.7 Å². The highest BCUT2D eigenvalue weighted by molar-refractivity contribution is 5.81. The number of carbonyl (C=O) groups is 2. The van der Waals surface area contributed by atoms with E-state index in [2.05, 4.69) is 4.98 Å². The maximum atomic E-state index is 13.1. The van der Waals surface area contributed by atoms with Crippen molar-refractivity contribution < 1.29 is 9.59 Å². The van der Waals surface area contributed by atoms with Gasteiger partial charge in [-0.15, -0.1) is 0 Å². The fraction of sp³-hybridized carbons (Fsp3) is 0.667. The minimum absolute atomic E-state index is 0.0620. The van der Waals surface area contributed by atoms with Gasteiger partial charge in [0.2, 0.25) is 11.8 Å². The number of hydrogen-bond acceptors (Lipinski definition) is 3. The van der Waals surface area contributed by atoms with E-state index in [1.54, 1.807) is 0 Å². The van der Waals surface area contributed by atoms with Gasteiger partial charge >= 0.3 is 0 Å². The zero-order valence-corrected chi connectivity index (χ0v) is 15.5. The van der Waals surface area contributed by atoms with Gasteiger partial charge < -0.3 is 9.80 Å². The summed E-state index contributed by atoms with van der Waals surface area (Å²) in [5.41, 5.74) is 1.01. The average molecular weight is 355 g/mol. The van der Waals surface area contributed by atoms with Gasteiger partial charge in [-0.2, -0.15) is 0 Å². The number of rotatable bonds is 3. The molecule has 1 atom stereocenters. The third-order valence-corrected chi connectivity index (χ3v) is 6.43. The molecule has 0 aromatic carbocycles. The Morgan fingerprint density at radius 1 is 0.846 bits per heavy atom. The van der Waals surface area contributed by atoms with Crippen LogP contribution < -0.4 is 0 Å². The predicted octanol–water partition coefficient (Wildman–Crippen LogP) is 3.17. The van der Waals surface area contributed by atoms with Gasteiger partial charge in [0, 0.05) is 37.7 Å². The number of nitrogens with zero attached hydrogens (tertiary/aromatic N) is 3. The maximum Gasteiger partial charge on any atom is 0.226 e. The molecule has 0 N–H and O–H groups in total. The molecule has 4 rings (SSSR count). The molecule has 1 aliphatic carbocycles. The quantitative estimate of drug-likeness (QED) is 0.837. The molecule has 3 heterocycles. The maximum absolute atomic E-state index is 13.1. The molecular formula is C21H29N3O2. The lowest BCUT2D eigenvalue weighted by molar-refractivity contribution is -0.143. The molecule has 0 bridgehead atoms. The summed E-state index contributed by atoms with van der Waals surface area (Å²) < 4.78 is 0. The van der Waals surface area contributed by atoms with Gasteiger partial charge in [0.25, 0.3) is 0 Å². The van der Waals surface area contributed by atoms with Gasteiger partial charge in [-0.3, -0.25) is 14.6 Å². The Morgan fingerprint density at radius 3 is 2.27 bits per heavy atom. The van der Waals surface area contributed by atoms with Crippen LogP contribution in [0.2, 0.25) is 0 Å².